The predicted octanol–water partition coefficient (Wildman–Crippen LogP) is 2.27. The minimum absolute atomic E-state index is 0.00619. The zero-order valence-electron chi connectivity index (χ0n) is 18.3. The highest BCUT2D eigenvalue weighted by molar-refractivity contribution is 7.17. The zero-order valence-corrected chi connectivity index (χ0v) is 19.2. The number of nitrogens with one attached hydrogen (secondary N) is 1. The Morgan fingerprint density at radius 3 is 2.65 bits per heavy atom. The number of amides is 2. The number of carbonyl (C=O) groups is 3. The van der Waals surface area contributed by atoms with Crippen molar-refractivity contribution in [3.05, 3.63) is 49.9 Å². The van der Waals surface area contributed by atoms with E-state index < -0.39 is 29.3 Å². The molecule has 1 aromatic carbocycles. The van der Waals surface area contributed by atoms with Gasteiger partial charge in [-0.3, -0.25) is 19.7 Å². The standard InChI is InChI=1S/C22H24N4O7S/c23-20(28)19-14-3-1-2-4-17(14)34-21(19)24-18(27)12-33-22(29)15-11-13(26(30)31)5-6-16(15)25-7-9-32-10-8-25/h5-6,11H,1-4,7-10,12H2,(H2,23,28)(H,24,27). The molecule has 2 aliphatic rings. The van der Waals surface area contributed by atoms with Crippen molar-refractivity contribution in [3.8, 4) is 0 Å². The Balaban J connectivity index is 1.48. The van der Waals surface area contributed by atoms with E-state index in [4.69, 9.17) is 15.2 Å². The molecule has 180 valence electrons. The number of benzene rings is 1. The molecule has 1 aliphatic carbocycles. The first-order valence-corrected chi connectivity index (χ1v) is 11.7. The Labute approximate surface area is 199 Å². The maximum atomic E-state index is 12.8. The van der Waals surface area contributed by atoms with Gasteiger partial charge in [-0.05, 0) is 37.3 Å². The van der Waals surface area contributed by atoms with E-state index in [1.54, 1.807) is 0 Å². The molecule has 1 aliphatic heterocycles. The number of anilines is 2. The first-order valence-electron chi connectivity index (χ1n) is 10.9. The van der Waals surface area contributed by atoms with Gasteiger partial charge in [0.1, 0.15) is 5.00 Å². The summed E-state index contributed by atoms with van der Waals surface area (Å²) in [4.78, 5) is 50.9. The number of nitro groups is 1. The monoisotopic (exact) mass is 488 g/mol. The minimum atomic E-state index is -0.860. The van der Waals surface area contributed by atoms with Gasteiger partial charge in [0.25, 0.3) is 17.5 Å². The second-order valence-corrected chi connectivity index (χ2v) is 9.07. The maximum Gasteiger partial charge on any atom is 0.341 e. The summed E-state index contributed by atoms with van der Waals surface area (Å²) < 4.78 is 10.5. The maximum absolute atomic E-state index is 12.8. The number of hydrogen-bond acceptors (Lipinski definition) is 9. The van der Waals surface area contributed by atoms with Gasteiger partial charge < -0.3 is 25.4 Å². The first kappa shape index (κ1) is 23.6. The van der Waals surface area contributed by atoms with Crippen molar-refractivity contribution < 1.29 is 28.8 Å². The molecule has 0 radical (unpaired) electrons. The SMILES string of the molecule is NC(=O)c1c(NC(=O)COC(=O)c2cc([N+](=O)[O-])ccc2N2CCOCC2)sc2c1CCCC2. The number of nitro benzene ring substituents is 1. The summed E-state index contributed by atoms with van der Waals surface area (Å²) in [6.07, 6.45) is 3.50. The lowest BCUT2D eigenvalue weighted by atomic mass is 9.95. The molecule has 2 heterocycles. The van der Waals surface area contributed by atoms with Crippen LogP contribution in [0.5, 0.6) is 0 Å². The zero-order chi connectivity index (χ0) is 24.2. The fraction of sp³-hybridized carbons (Fsp3) is 0.409. The molecular formula is C22H24N4O7S. The number of morpholine rings is 1. The Morgan fingerprint density at radius 1 is 1.21 bits per heavy atom. The van der Waals surface area contributed by atoms with Crippen LogP contribution in [0.1, 0.15) is 44.0 Å². The lowest BCUT2D eigenvalue weighted by Crippen LogP contribution is -2.37. The summed E-state index contributed by atoms with van der Waals surface area (Å²) in [7, 11) is 0. The smallest absolute Gasteiger partial charge is 0.341 e. The molecule has 2 amide bonds. The van der Waals surface area contributed by atoms with Crippen LogP contribution in [0.15, 0.2) is 18.2 Å². The van der Waals surface area contributed by atoms with Crippen LogP contribution in [0.3, 0.4) is 0 Å². The number of hydrogen-bond donors (Lipinski definition) is 2. The quantitative estimate of drug-likeness (QED) is 0.342. The number of thiophene rings is 1. The van der Waals surface area contributed by atoms with Crippen LogP contribution in [0.2, 0.25) is 0 Å². The van der Waals surface area contributed by atoms with E-state index in [-0.39, 0.29) is 11.3 Å². The Kier molecular flexibility index (Phi) is 7.08. The molecule has 0 atom stereocenters. The Bertz CT molecular complexity index is 1140. The molecule has 1 fully saturated rings. The summed E-state index contributed by atoms with van der Waals surface area (Å²) >= 11 is 1.31. The number of esters is 1. The number of ether oxygens (including phenoxy) is 2. The van der Waals surface area contributed by atoms with Gasteiger partial charge in [-0.25, -0.2) is 4.79 Å². The lowest BCUT2D eigenvalue weighted by molar-refractivity contribution is -0.384. The molecule has 1 aromatic heterocycles. The third kappa shape index (κ3) is 5.02. The van der Waals surface area contributed by atoms with Crippen LogP contribution in [0, 0.1) is 10.1 Å². The number of nitrogens with zero attached hydrogens (tertiary/aromatic N) is 2. The Morgan fingerprint density at radius 2 is 1.94 bits per heavy atom. The summed E-state index contributed by atoms with van der Waals surface area (Å²) in [5, 5.41) is 14.2. The molecule has 0 spiro atoms. The average Bonchev–Trinajstić information content (AvgIpc) is 3.20. The second kappa shape index (κ2) is 10.2. The third-order valence-corrected chi connectivity index (χ3v) is 6.97. The molecule has 2 aromatic rings. The molecule has 34 heavy (non-hydrogen) atoms. The molecule has 12 heteroatoms. The van der Waals surface area contributed by atoms with E-state index in [1.165, 1.54) is 23.5 Å². The van der Waals surface area contributed by atoms with Gasteiger partial charge in [0, 0.05) is 30.1 Å². The molecule has 0 bridgehead atoms. The summed E-state index contributed by atoms with van der Waals surface area (Å²) in [5.74, 6) is -2.10. The number of carbonyl (C=O) groups excluding carboxylic acids is 3. The second-order valence-electron chi connectivity index (χ2n) is 7.96. The fourth-order valence-corrected chi connectivity index (χ4v) is 5.48. The van der Waals surface area contributed by atoms with Gasteiger partial charge in [0.05, 0.1) is 35.0 Å². The number of fused-ring (bicyclic) bond motifs is 1. The van der Waals surface area contributed by atoms with Crippen molar-refractivity contribution in [1.82, 2.24) is 0 Å². The van der Waals surface area contributed by atoms with E-state index >= 15 is 0 Å². The number of rotatable bonds is 7. The van der Waals surface area contributed by atoms with Crippen LogP contribution in [0.4, 0.5) is 16.4 Å². The molecule has 0 unspecified atom stereocenters. The highest BCUT2D eigenvalue weighted by Crippen LogP contribution is 2.38. The summed E-state index contributed by atoms with van der Waals surface area (Å²) in [6.45, 7) is 1.32. The van der Waals surface area contributed by atoms with Gasteiger partial charge >= 0.3 is 5.97 Å². The van der Waals surface area contributed by atoms with Gasteiger partial charge in [-0.15, -0.1) is 11.3 Å². The van der Waals surface area contributed by atoms with Crippen LogP contribution in [0.25, 0.3) is 0 Å². The van der Waals surface area contributed by atoms with Crippen molar-refractivity contribution >= 4 is 45.5 Å². The van der Waals surface area contributed by atoms with Gasteiger partial charge in [-0.1, -0.05) is 0 Å². The molecule has 1 saturated heterocycles. The highest BCUT2D eigenvalue weighted by atomic mass is 32.1. The van der Waals surface area contributed by atoms with Crippen LogP contribution >= 0.6 is 11.3 Å². The van der Waals surface area contributed by atoms with E-state index in [1.807, 2.05) is 4.90 Å². The van der Waals surface area contributed by atoms with Crippen molar-refractivity contribution in [2.24, 2.45) is 5.73 Å². The number of primary amides is 1. The third-order valence-electron chi connectivity index (χ3n) is 5.77. The number of aryl methyl sites for hydroxylation is 1. The minimum Gasteiger partial charge on any atom is -0.452 e. The molecule has 11 nitrogen and oxygen atoms in total. The van der Waals surface area contributed by atoms with Crippen molar-refractivity contribution in [1.29, 1.82) is 0 Å². The molecule has 3 N–H and O–H groups in total. The van der Waals surface area contributed by atoms with Crippen molar-refractivity contribution in [3.63, 3.8) is 0 Å². The van der Waals surface area contributed by atoms with Gasteiger partial charge in [0.2, 0.25) is 0 Å². The van der Waals surface area contributed by atoms with Gasteiger partial charge in [0.15, 0.2) is 6.61 Å². The topological polar surface area (TPSA) is 154 Å². The van der Waals surface area contributed by atoms with E-state index in [2.05, 4.69) is 5.32 Å². The van der Waals surface area contributed by atoms with Crippen LogP contribution in [-0.2, 0) is 27.1 Å². The number of non-ortho nitro benzene ring substituents is 1. The summed E-state index contributed by atoms with van der Waals surface area (Å²) in [5.41, 5.74) is 6.94. The first-order chi connectivity index (χ1) is 16.3. The largest absolute Gasteiger partial charge is 0.452 e. The predicted molar refractivity (Wildman–Crippen MR) is 125 cm³/mol. The number of nitrogens with two attached hydrogens (primary N) is 1. The van der Waals surface area contributed by atoms with E-state index in [9.17, 15) is 24.5 Å². The molecular weight excluding hydrogens is 464 g/mol. The Hall–Kier alpha value is -3.51. The van der Waals surface area contributed by atoms with E-state index in [0.717, 1.165) is 42.2 Å². The van der Waals surface area contributed by atoms with Crippen molar-refractivity contribution in [2.75, 3.05) is 43.1 Å². The normalized spacial score (nSPS) is 15.4. The molecule has 0 saturated carbocycles. The summed E-state index contributed by atoms with van der Waals surface area (Å²) in [6, 6.07) is 3.96. The highest BCUT2D eigenvalue weighted by Gasteiger charge is 2.26. The van der Waals surface area contributed by atoms with Crippen LogP contribution in [-0.4, -0.2) is 55.6 Å². The van der Waals surface area contributed by atoms with Crippen molar-refractivity contribution in [2.45, 2.75) is 25.7 Å². The van der Waals surface area contributed by atoms with Crippen LogP contribution < -0.4 is 16.0 Å². The lowest BCUT2D eigenvalue weighted by Gasteiger charge is -2.30. The average molecular weight is 489 g/mol. The fourth-order valence-electron chi connectivity index (χ4n) is 4.17. The van der Waals surface area contributed by atoms with E-state index in [0.29, 0.717) is 42.6 Å². The molecule has 4 rings (SSSR count). The van der Waals surface area contributed by atoms with Gasteiger partial charge in [-0.2, -0.15) is 0 Å².